The maximum absolute atomic E-state index is 13.5. The van der Waals surface area contributed by atoms with Gasteiger partial charge in [0.15, 0.2) is 28.8 Å². The Kier molecular flexibility index (Phi) is 11.0. The monoisotopic (exact) mass is 612 g/mol. The topological polar surface area (TPSA) is 112 Å². The standard InChI is InChI=1S/C34H32N2O7S/c1-40-29-18-13-23(20-31(29)42-3)28(37)21-44-26-16-14-25(15-17-26)35-34(39)27(36-33(38)22-9-6-5-7-10-22)19-24-11-8-12-30(41-2)32(24)43-4/h5-20H,21H2,1-4H3,(H,35,39)(H,36,38)/b27-19-. The van der Waals surface area contributed by atoms with Crippen molar-refractivity contribution in [2.24, 2.45) is 0 Å². The van der Waals surface area contributed by atoms with E-state index in [2.05, 4.69) is 10.6 Å². The molecule has 0 bridgehead atoms. The van der Waals surface area contributed by atoms with Crippen LogP contribution in [0.3, 0.4) is 0 Å². The van der Waals surface area contributed by atoms with Crippen molar-refractivity contribution in [3.05, 3.63) is 113 Å². The summed E-state index contributed by atoms with van der Waals surface area (Å²) in [6, 6.07) is 26.0. The van der Waals surface area contributed by atoms with Crippen LogP contribution in [0, 0.1) is 0 Å². The highest BCUT2D eigenvalue weighted by Crippen LogP contribution is 2.32. The van der Waals surface area contributed by atoms with Gasteiger partial charge in [-0.15, -0.1) is 11.8 Å². The molecule has 0 heterocycles. The normalized spacial score (nSPS) is 10.9. The van der Waals surface area contributed by atoms with E-state index in [9.17, 15) is 14.4 Å². The molecule has 0 saturated heterocycles. The highest BCUT2D eigenvalue weighted by molar-refractivity contribution is 8.00. The summed E-state index contributed by atoms with van der Waals surface area (Å²) < 4.78 is 21.4. The van der Waals surface area contributed by atoms with Gasteiger partial charge in [0.2, 0.25) is 0 Å². The summed E-state index contributed by atoms with van der Waals surface area (Å²) in [4.78, 5) is 40.1. The zero-order valence-electron chi connectivity index (χ0n) is 24.7. The Labute approximate surface area is 260 Å². The van der Waals surface area contributed by atoms with Gasteiger partial charge in [-0.1, -0.05) is 30.3 Å². The Balaban J connectivity index is 1.49. The van der Waals surface area contributed by atoms with E-state index >= 15 is 0 Å². The van der Waals surface area contributed by atoms with Crippen molar-refractivity contribution >= 4 is 41.1 Å². The molecule has 2 amide bonds. The summed E-state index contributed by atoms with van der Waals surface area (Å²) in [7, 11) is 6.08. The van der Waals surface area contributed by atoms with Gasteiger partial charge in [-0.25, -0.2) is 0 Å². The fourth-order valence-electron chi connectivity index (χ4n) is 4.20. The molecule has 0 spiro atoms. The molecular weight excluding hydrogens is 580 g/mol. The van der Waals surface area contributed by atoms with E-state index in [1.807, 2.05) is 0 Å². The molecule has 2 N–H and O–H groups in total. The van der Waals surface area contributed by atoms with Crippen molar-refractivity contribution < 1.29 is 33.3 Å². The number of ether oxygens (including phenoxy) is 4. The molecule has 0 fully saturated rings. The lowest BCUT2D eigenvalue weighted by atomic mass is 10.1. The first-order chi connectivity index (χ1) is 21.4. The molecule has 226 valence electrons. The molecule has 4 rings (SSSR count). The van der Waals surface area contributed by atoms with Crippen molar-refractivity contribution in [3.8, 4) is 23.0 Å². The van der Waals surface area contributed by atoms with Gasteiger partial charge >= 0.3 is 0 Å². The van der Waals surface area contributed by atoms with Crippen LogP contribution >= 0.6 is 11.8 Å². The van der Waals surface area contributed by atoms with E-state index in [0.29, 0.717) is 45.4 Å². The number of para-hydroxylation sites is 1. The third-order valence-electron chi connectivity index (χ3n) is 6.45. The third kappa shape index (κ3) is 7.99. The van der Waals surface area contributed by atoms with Gasteiger partial charge in [-0.3, -0.25) is 14.4 Å². The number of amides is 2. The maximum atomic E-state index is 13.5. The molecule has 0 radical (unpaired) electrons. The molecule has 0 saturated carbocycles. The number of anilines is 1. The van der Waals surface area contributed by atoms with E-state index in [4.69, 9.17) is 18.9 Å². The van der Waals surface area contributed by atoms with Gasteiger partial charge in [0, 0.05) is 27.3 Å². The van der Waals surface area contributed by atoms with Crippen LogP contribution in [0.15, 0.2) is 102 Å². The molecule has 4 aromatic rings. The van der Waals surface area contributed by atoms with E-state index in [-0.39, 0.29) is 17.2 Å². The molecule has 44 heavy (non-hydrogen) atoms. The maximum Gasteiger partial charge on any atom is 0.272 e. The lowest BCUT2D eigenvalue weighted by Crippen LogP contribution is -2.30. The van der Waals surface area contributed by atoms with Gasteiger partial charge in [0.05, 0.1) is 34.2 Å². The number of Topliss-reactive ketones (excluding diaryl/α,β-unsaturated/α-hetero) is 1. The Morgan fingerprint density at radius 3 is 2.07 bits per heavy atom. The lowest BCUT2D eigenvalue weighted by Gasteiger charge is -2.14. The van der Waals surface area contributed by atoms with Crippen LogP contribution in [0.25, 0.3) is 6.08 Å². The predicted molar refractivity (Wildman–Crippen MR) is 171 cm³/mol. The van der Waals surface area contributed by atoms with Gasteiger partial charge in [-0.05, 0) is 66.7 Å². The zero-order chi connectivity index (χ0) is 31.5. The molecule has 4 aromatic carbocycles. The molecule has 0 aromatic heterocycles. The second-order valence-corrected chi connectivity index (χ2v) is 10.3. The average molecular weight is 613 g/mol. The molecule has 9 nitrogen and oxygen atoms in total. The number of benzene rings is 4. The number of ketones is 1. The summed E-state index contributed by atoms with van der Waals surface area (Å²) in [6.45, 7) is 0. The fourth-order valence-corrected chi connectivity index (χ4v) is 4.99. The third-order valence-corrected chi connectivity index (χ3v) is 7.46. The van der Waals surface area contributed by atoms with Crippen LogP contribution in [0.1, 0.15) is 26.3 Å². The van der Waals surface area contributed by atoms with Crippen LogP contribution in [-0.4, -0.2) is 51.8 Å². The minimum Gasteiger partial charge on any atom is -0.493 e. The second kappa shape index (κ2) is 15.3. The molecular formula is C34H32N2O7S. The fraction of sp³-hybridized carbons (Fsp3) is 0.147. The number of nitrogens with one attached hydrogen (secondary N) is 2. The van der Waals surface area contributed by atoms with Crippen LogP contribution < -0.4 is 29.6 Å². The minimum absolute atomic E-state index is 0.00405. The number of hydrogen-bond donors (Lipinski definition) is 2. The van der Waals surface area contributed by atoms with Crippen LogP contribution in [0.2, 0.25) is 0 Å². The van der Waals surface area contributed by atoms with E-state index in [1.54, 1.807) is 91.0 Å². The highest BCUT2D eigenvalue weighted by atomic mass is 32.2. The molecule has 0 unspecified atom stereocenters. The van der Waals surface area contributed by atoms with Crippen molar-refractivity contribution in [2.75, 3.05) is 39.5 Å². The summed E-state index contributed by atoms with van der Waals surface area (Å²) in [5, 5.41) is 5.55. The zero-order valence-corrected chi connectivity index (χ0v) is 25.5. The molecule has 0 atom stereocenters. The van der Waals surface area contributed by atoms with Gasteiger partial charge < -0.3 is 29.6 Å². The Morgan fingerprint density at radius 2 is 1.41 bits per heavy atom. The smallest absolute Gasteiger partial charge is 0.272 e. The number of carbonyl (C=O) groups excluding carboxylic acids is 3. The summed E-state index contributed by atoms with van der Waals surface area (Å²) in [6.07, 6.45) is 1.53. The second-order valence-electron chi connectivity index (χ2n) is 9.22. The summed E-state index contributed by atoms with van der Waals surface area (Å²) >= 11 is 1.37. The number of thioether (sulfide) groups is 1. The van der Waals surface area contributed by atoms with Crippen molar-refractivity contribution in [3.63, 3.8) is 0 Å². The average Bonchev–Trinajstić information content (AvgIpc) is 3.07. The first kappa shape index (κ1) is 31.7. The van der Waals surface area contributed by atoms with Crippen LogP contribution in [-0.2, 0) is 4.79 Å². The highest BCUT2D eigenvalue weighted by Gasteiger charge is 2.18. The lowest BCUT2D eigenvalue weighted by molar-refractivity contribution is -0.113. The minimum atomic E-state index is -0.539. The number of methoxy groups -OCH3 is 4. The van der Waals surface area contributed by atoms with Crippen molar-refractivity contribution in [1.82, 2.24) is 5.32 Å². The van der Waals surface area contributed by atoms with Crippen molar-refractivity contribution in [2.45, 2.75) is 4.90 Å². The van der Waals surface area contributed by atoms with E-state index < -0.39 is 11.8 Å². The number of hydrogen-bond acceptors (Lipinski definition) is 8. The van der Waals surface area contributed by atoms with Gasteiger partial charge in [0.25, 0.3) is 11.8 Å². The largest absolute Gasteiger partial charge is 0.493 e. The van der Waals surface area contributed by atoms with E-state index in [1.165, 1.54) is 46.3 Å². The SMILES string of the molecule is COc1ccc(C(=O)CSc2ccc(NC(=O)/C(=C/c3cccc(OC)c3OC)NC(=O)c3ccccc3)cc2)cc1OC. The molecule has 0 aliphatic carbocycles. The Bertz CT molecular complexity index is 1650. The van der Waals surface area contributed by atoms with Crippen LogP contribution in [0.4, 0.5) is 5.69 Å². The summed E-state index contributed by atoms with van der Waals surface area (Å²) in [5.41, 5.74) is 1.96. The Morgan fingerprint density at radius 1 is 0.705 bits per heavy atom. The molecule has 10 heteroatoms. The van der Waals surface area contributed by atoms with Gasteiger partial charge in [0.1, 0.15) is 5.70 Å². The number of rotatable bonds is 13. The van der Waals surface area contributed by atoms with Crippen molar-refractivity contribution in [1.29, 1.82) is 0 Å². The Hall–Kier alpha value is -5.22. The summed E-state index contributed by atoms with van der Waals surface area (Å²) in [5.74, 6) is 1.10. The van der Waals surface area contributed by atoms with E-state index in [0.717, 1.165) is 4.90 Å². The van der Waals surface area contributed by atoms with Crippen LogP contribution in [0.5, 0.6) is 23.0 Å². The van der Waals surface area contributed by atoms with Gasteiger partial charge in [-0.2, -0.15) is 0 Å². The first-order valence-electron chi connectivity index (χ1n) is 13.4. The first-order valence-corrected chi connectivity index (χ1v) is 14.4. The quantitative estimate of drug-likeness (QED) is 0.106. The number of carbonyl (C=O) groups is 3. The predicted octanol–water partition coefficient (Wildman–Crippen LogP) is 6.11. The molecule has 0 aliphatic heterocycles. The molecule has 0 aliphatic rings.